The minimum Gasteiger partial charge on any atom is -0.454 e. The molecule has 0 atom stereocenters. The van der Waals surface area contributed by atoms with Gasteiger partial charge in [0.15, 0.2) is 5.58 Å². The molecule has 4 nitrogen and oxygen atoms in total. The number of anilines is 9. The van der Waals surface area contributed by atoms with Crippen molar-refractivity contribution < 1.29 is 4.42 Å². The first-order valence-corrected chi connectivity index (χ1v) is 35.4. The molecule has 92 heavy (non-hydrogen) atoms. The lowest BCUT2D eigenvalue weighted by Gasteiger charge is -2.46. The molecule has 462 valence electrons. The highest BCUT2D eigenvalue weighted by atomic mass is 32.1. The number of fused-ring (bicyclic) bond motifs is 16. The van der Waals surface area contributed by atoms with Crippen LogP contribution in [0.15, 0.2) is 174 Å². The van der Waals surface area contributed by atoms with E-state index < -0.39 is 0 Å². The second-order valence-corrected chi connectivity index (χ2v) is 34.4. The van der Waals surface area contributed by atoms with Crippen molar-refractivity contribution >= 4 is 117 Å². The fraction of sp³-hybridized carbons (Fsp3) is 0.349. The van der Waals surface area contributed by atoms with Crippen molar-refractivity contribution in [2.24, 2.45) is 0 Å². The zero-order valence-corrected chi connectivity index (χ0v) is 57.6. The third kappa shape index (κ3) is 8.46. The van der Waals surface area contributed by atoms with Crippen molar-refractivity contribution in [2.45, 2.75) is 193 Å². The zero-order valence-electron chi connectivity index (χ0n) is 56.8. The molecule has 2 aliphatic heterocycles. The lowest BCUT2D eigenvalue weighted by Crippen LogP contribution is -2.60. The monoisotopic (exact) mass is 1220 g/mol. The van der Waals surface area contributed by atoms with E-state index in [0.29, 0.717) is 0 Å². The van der Waals surface area contributed by atoms with Gasteiger partial charge in [0.2, 0.25) is 0 Å². The fourth-order valence-electron chi connectivity index (χ4n) is 18.1. The molecule has 1 fully saturated rings. The van der Waals surface area contributed by atoms with Crippen molar-refractivity contribution in [2.75, 3.05) is 14.7 Å². The number of hydrogen-bond donors (Lipinski definition) is 0. The molecule has 17 rings (SSSR count). The Labute approximate surface area is 550 Å². The van der Waals surface area contributed by atoms with Gasteiger partial charge >= 0.3 is 0 Å². The van der Waals surface area contributed by atoms with Crippen LogP contribution in [0, 0.1) is 0 Å². The van der Waals surface area contributed by atoms with Crippen LogP contribution in [0.1, 0.15) is 199 Å². The van der Waals surface area contributed by atoms with Gasteiger partial charge < -0.3 is 19.1 Å². The summed E-state index contributed by atoms with van der Waals surface area (Å²) in [7, 11) is 0. The van der Waals surface area contributed by atoms with Gasteiger partial charge in [0, 0.05) is 70.9 Å². The highest BCUT2D eigenvalue weighted by Gasteiger charge is 2.50. The van der Waals surface area contributed by atoms with E-state index in [-0.39, 0.29) is 44.6 Å². The Bertz CT molecular complexity index is 4910. The van der Waals surface area contributed by atoms with E-state index in [2.05, 4.69) is 293 Å². The third-order valence-electron chi connectivity index (χ3n) is 23.7. The van der Waals surface area contributed by atoms with Gasteiger partial charge in [-0.05, 0) is 223 Å². The number of benzene rings is 9. The Morgan fingerprint density at radius 2 is 1.03 bits per heavy atom. The SMILES string of the molecule is CC(C)(C)c1ccc(N(c2ccc3c(c2)N(c2ccc4c(c2)C(C)(C)CCC4(C)C)c2cc(C(C)(C)C)cc4c2B3c2sc3cc5c(cc3c2N4c2ccc3c(c2)C2(CCCCC2)c2ccccc2-3)C(C)(C)CCC5(C)C)c2cccc3c2oc2ccccc23)cc1. The summed E-state index contributed by atoms with van der Waals surface area (Å²) in [5.74, 6) is 0. The molecule has 4 aliphatic carbocycles. The molecule has 0 amide bonds. The van der Waals surface area contributed by atoms with Crippen molar-refractivity contribution in [3.05, 3.63) is 214 Å². The molecule has 1 saturated carbocycles. The number of thiophene rings is 1. The van der Waals surface area contributed by atoms with Crippen LogP contribution in [-0.4, -0.2) is 6.71 Å². The van der Waals surface area contributed by atoms with Gasteiger partial charge in [-0.1, -0.05) is 201 Å². The number of furan rings is 1. The van der Waals surface area contributed by atoms with E-state index in [1.165, 1.54) is 154 Å². The van der Waals surface area contributed by atoms with Crippen LogP contribution in [0.3, 0.4) is 0 Å². The van der Waals surface area contributed by atoms with Crippen LogP contribution in [0.4, 0.5) is 51.2 Å². The summed E-state index contributed by atoms with van der Waals surface area (Å²) in [6, 6.07) is 67.4. The molecule has 0 N–H and O–H groups in total. The average Bonchev–Trinajstić information content (AvgIpc) is 1.29. The summed E-state index contributed by atoms with van der Waals surface area (Å²) >= 11 is 2.06. The molecule has 6 aliphatic rings. The molecule has 6 heteroatoms. The number of nitrogens with zero attached hydrogens (tertiary/aromatic N) is 3. The normalized spacial score (nSPS) is 18.5. The number of rotatable bonds is 5. The lowest BCUT2D eigenvalue weighted by molar-refractivity contribution is 0.332. The first-order chi connectivity index (χ1) is 43.8. The Morgan fingerprint density at radius 3 is 1.75 bits per heavy atom. The summed E-state index contributed by atoms with van der Waals surface area (Å²) in [5, 5.41) is 3.62. The summed E-state index contributed by atoms with van der Waals surface area (Å²) in [5.41, 5.74) is 29.7. The summed E-state index contributed by atoms with van der Waals surface area (Å²) < 4.78 is 9.83. The van der Waals surface area contributed by atoms with Crippen molar-refractivity contribution in [1.29, 1.82) is 0 Å². The van der Waals surface area contributed by atoms with Gasteiger partial charge in [-0.25, -0.2) is 0 Å². The van der Waals surface area contributed by atoms with Gasteiger partial charge in [-0.2, -0.15) is 0 Å². The Kier molecular flexibility index (Phi) is 12.4. The van der Waals surface area contributed by atoms with E-state index in [1.807, 2.05) is 0 Å². The fourth-order valence-corrected chi connectivity index (χ4v) is 19.4. The Morgan fingerprint density at radius 1 is 0.446 bits per heavy atom. The second kappa shape index (κ2) is 19.6. The lowest BCUT2D eigenvalue weighted by atomic mass is 9.36. The van der Waals surface area contributed by atoms with Crippen molar-refractivity contribution in [1.82, 2.24) is 0 Å². The van der Waals surface area contributed by atoms with Crippen LogP contribution >= 0.6 is 11.3 Å². The summed E-state index contributed by atoms with van der Waals surface area (Å²) in [4.78, 5) is 8.01. The number of hydrogen-bond acceptors (Lipinski definition) is 5. The standard InChI is InChI=1S/C86H88BN3OS/c1-80(2,3)52-29-31-54(32-30-52)88(70-27-22-25-61-60-24-17-19-28-74(60)91-78(61)70)57-35-38-69-71(49-57)89(55-34-37-64-66(48-55)83(9,10)42-41-82(64,7)8)72-45-53(81(4,5)6)46-73-76(72)87(69)79-77(62-50-67-68(51-75(62)92-79)85(13,14)44-43-84(67,11)12)90(73)56-33-36-59-58-23-16-18-26-63(58)86(65(59)47-56)39-20-15-21-40-86/h16-19,22-38,45-51H,15,20-21,39-44H2,1-14H3. The van der Waals surface area contributed by atoms with Crippen LogP contribution in [-0.2, 0) is 37.9 Å². The van der Waals surface area contributed by atoms with Gasteiger partial charge in [-0.3, -0.25) is 0 Å². The van der Waals surface area contributed by atoms with Gasteiger partial charge in [0.05, 0.1) is 11.4 Å². The summed E-state index contributed by atoms with van der Waals surface area (Å²) in [6.45, 7) is 34.1. The molecular formula is C86H88BN3OS. The summed E-state index contributed by atoms with van der Waals surface area (Å²) in [6.07, 6.45) is 10.8. The molecule has 0 unspecified atom stereocenters. The molecule has 0 saturated heterocycles. The largest absolute Gasteiger partial charge is 0.454 e. The molecular weight excluding hydrogens is 1130 g/mol. The second-order valence-electron chi connectivity index (χ2n) is 33.3. The maximum absolute atomic E-state index is 7.02. The van der Waals surface area contributed by atoms with Crippen molar-refractivity contribution in [3.8, 4) is 11.1 Å². The Hall–Kier alpha value is -7.80. The molecule has 2 aromatic heterocycles. The highest BCUT2D eigenvalue weighted by molar-refractivity contribution is 7.33. The third-order valence-corrected chi connectivity index (χ3v) is 24.9. The predicted octanol–water partition coefficient (Wildman–Crippen LogP) is 22.9. The van der Waals surface area contributed by atoms with Gasteiger partial charge in [0.25, 0.3) is 6.71 Å². The highest BCUT2D eigenvalue weighted by Crippen LogP contribution is 2.60. The molecule has 0 radical (unpaired) electrons. The first kappa shape index (κ1) is 58.1. The smallest absolute Gasteiger partial charge is 0.264 e. The van der Waals surface area contributed by atoms with Gasteiger partial charge in [0.1, 0.15) is 5.58 Å². The van der Waals surface area contributed by atoms with Crippen LogP contribution in [0.5, 0.6) is 0 Å². The molecule has 4 heterocycles. The Balaban J connectivity index is 0.982. The van der Waals surface area contributed by atoms with E-state index >= 15 is 0 Å². The van der Waals surface area contributed by atoms with E-state index in [9.17, 15) is 0 Å². The van der Waals surface area contributed by atoms with Crippen LogP contribution in [0.25, 0.3) is 43.2 Å². The molecule has 0 bridgehead atoms. The predicted molar refractivity (Wildman–Crippen MR) is 395 cm³/mol. The average molecular weight is 1220 g/mol. The van der Waals surface area contributed by atoms with Crippen molar-refractivity contribution in [3.63, 3.8) is 0 Å². The minimum absolute atomic E-state index is 0.000102. The van der Waals surface area contributed by atoms with Crippen LogP contribution < -0.4 is 30.4 Å². The maximum Gasteiger partial charge on any atom is 0.264 e. The van der Waals surface area contributed by atoms with Crippen LogP contribution in [0.2, 0.25) is 0 Å². The first-order valence-electron chi connectivity index (χ1n) is 34.6. The zero-order chi connectivity index (χ0) is 63.6. The van der Waals surface area contributed by atoms with E-state index in [0.717, 1.165) is 58.3 Å². The molecule has 9 aromatic carbocycles. The van der Waals surface area contributed by atoms with E-state index in [1.54, 1.807) is 0 Å². The maximum atomic E-state index is 7.02. The molecule has 11 aromatic rings. The number of para-hydroxylation sites is 2. The molecule has 1 spiro atoms. The quantitative estimate of drug-likeness (QED) is 0.160. The topological polar surface area (TPSA) is 22.9 Å². The van der Waals surface area contributed by atoms with Gasteiger partial charge in [-0.15, -0.1) is 11.3 Å². The minimum atomic E-state index is -0.193. The van der Waals surface area contributed by atoms with E-state index in [4.69, 9.17) is 4.42 Å².